The average molecular weight is 1020 g/mol. The fourth-order valence-electron chi connectivity index (χ4n) is 5.86. The van der Waals surface area contributed by atoms with Crippen molar-refractivity contribution in [1.29, 1.82) is 0 Å². The Hall–Kier alpha value is 2.95. The Morgan fingerprint density at radius 2 is 0.667 bits per heavy atom. The summed E-state index contributed by atoms with van der Waals surface area (Å²) in [5.74, 6) is 0. The second-order valence-corrected chi connectivity index (χ2v) is 61.1. The maximum absolute atomic E-state index is 10.5. The van der Waals surface area contributed by atoms with Crippen LogP contribution in [0, 0.1) is 0 Å². The second-order valence-electron chi connectivity index (χ2n) is 14.3. The SMILES string of the molecule is CCC[CH2][Sn]([CH3])([CH2]CCC)[CH2]CCC.CCC[CH2][Sn]([CH3])([CH2]CCC)[O][Sn]([CH3])([CH2]CCC)[CH2]CCC.CCC[CH2][Sn]([CH3])=[O]. The summed E-state index contributed by atoms with van der Waals surface area (Å²) in [5, 5.41) is 0. The third-order valence-electron chi connectivity index (χ3n) is 9.01. The van der Waals surface area contributed by atoms with Crippen LogP contribution >= 0.6 is 0 Å². The van der Waals surface area contributed by atoms with Crippen molar-refractivity contribution in [3.8, 4) is 0 Å². The molecule has 0 amide bonds. The van der Waals surface area contributed by atoms with E-state index in [1.807, 2.05) is 4.94 Å². The van der Waals surface area contributed by atoms with Gasteiger partial charge in [-0.1, -0.05) is 0 Å². The Bertz CT molecular complexity index is 509. The molecule has 0 aromatic rings. The van der Waals surface area contributed by atoms with Crippen LogP contribution in [-0.4, -0.2) is 75.7 Å². The van der Waals surface area contributed by atoms with Gasteiger partial charge in [0.1, 0.15) is 0 Å². The minimum absolute atomic E-state index is 1.04. The summed E-state index contributed by atoms with van der Waals surface area (Å²) >= 11 is -7.97. The van der Waals surface area contributed by atoms with Gasteiger partial charge in [0.2, 0.25) is 0 Å². The normalized spacial score (nSPS) is 11.9. The summed E-state index contributed by atoms with van der Waals surface area (Å²) in [6.07, 6.45) is 22.2. The van der Waals surface area contributed by atoms with Gasteiger partial charge in [0, 0.05) is 0 Å². The second kappa shape index (κ2) is 33.8. The summed E-state index contributed by atoms with van der Waals surface area (Å²) in [7, 11) is 0. The molecule has 0 fully saturated rings. The van der Waals surface area contributed by atoms with Crippen molar-refractivity contribution in [1.82, 2.24) is 0 Å². The zero-order chi connectivity index (χ0) is 32.8. The van der Waals surface area contributed by atoms with Gasteiger partial charge in [-0.3, -0.25) is 0 Å². The van der Waals surface area contributed by atoms with E-state index in [4.69, 9.17) is 1.41 Å². The van der Waals surface area contributed by atoms with Crippen LogP contribution in [0.4, 0.5) is 0 Å². The molecule has 0 spiro atoms. The van der Waals surface area contributed by atoms with Crippen molar-refractivity contribution in [2.24, 2.45) is 0 Å². The molecule has 256 valence electrons. The van der Waals surface area contributed by atoms with Crippen molar-refractivity contribution in [3.63, 3.8) is 0 Å². The first-order chi connectivity index (χ1) is 19.9. The van der Waals surface area contributed by atoms with E-state index in [1.165, 1.54) is 120 Å². The van der Waals surface area contributed by atoms with Gasteiger partial charge in [0.05, 0.1) is 0 Å². The van der Waals surface area contributed by atoms with Crippen LogP contribution in [0.5, 0.6) is 0 Å². The van der Waals surface area contributed by atoms with Crippen molar-refractivity contribution in [2.75, 3.05) is 0 Å². The quantitative estimate of drug-likeness (QED) is 0.0807. The molecule has 0 aromatic heterocycles. The van der Waals surface area contributed by atoms with Gasteiger partial charge in [-0.05, 0) is 0 Å². The van der Waals surface area contributed by atoms with Gasteiger partial charge >= 0.3 is 294 Å². The summed E-state index contributed by atoms with van der Waals surface area (Å²) in [5.41, 5.74) is 0. The first kappa shape index (κ1) is 49.3. The Labute approximate surface area is 290 Å². The number of hydrogen-bond donors (Lipinski definition) is 0. The van der Waals surface area contributed by atoms with E-state index < -0.39 is 75.7 Å². The molecule has 0 atom stereocenters. The molecule has 0 saturated heterocycles. The maximum atomic E-state index is 10.5. The summed E-state index contributed by atoms with van der Waals surface area (Å²) in [4.78, 5) is 9.90. The number of rotatable bonds is 26. The Morgan fingerprint density at radius 1 is 0.429 bits per heavy atom. The zero-order valence-corrected chi connectivity index (χ0v) is 43.2. The molecule has 0 aromatic carbocycles. The molecule has 0 bridgehead atoms. The molecule has 0 heterocycles. The third-order valence-corrected chi connectivity index (χ3v) is 63.2. The molecule has 0 saturated carbocycles. The van der Waals surface area contributed by atoms with Crippen LogP contribution in [0.15, 0.2) is 0 Å². The van der Waals surface area contributed by atoms with E-state index in [0.717, 1.165) is 4.44 Å². The molecule has 0 unspecified atom stereocenters. The topological polar surface area (TPSA) is 26.3 Å². The van der Waals surface area contributed by atoms with Gasteiger partial charge in [0.25, 0.3) is 0 Å². The summed E-state index contributed by atoms with van der Waals surface area (Å²) in [6, 6.07) is 0. The first-order valence-electron chi connectivity index (χ1n) is 19.1. The Morgan fingerprint density at radius 3 is 0.857 bits per heavy atom. The van der Waals surface area contributed by atoms with Crippen molar-refractivity contribution >= 4 is 75.7 Å². The van der Waals surface area contributed by atoms with Crippen LogP contribution in [-0.2, 0) is 4.49 Å². The summed E-state index contributed by atoms with van der Waals surface area (Å²) < 4.78 is 29.7. The molecule has 2 nitrogen and oxygen atoms in total. The van der Waals surface area contributed by atoms with Crippen LogP contribution in [0.2, 0.25) is 55.3 Å². The van der Waals surface area contributed by atoms with Gasteiger partial charge < -0.3 is 0 Å². The molecule has 0 rings (SSSR count). The first-order valence-corrected chi connectivity index (χ1v) is 50.2. The molecular formula is C36H84O2Sn4. The number of hydrogen-bond acceptors (Lipinski definition) is 2. The van der Waals surface area contributed by atoms with E-state index in [-0.39, 0.29) is 0 Å². The molecular weight excluding hydrogens is 939 g/mol. The molecule has 0 radical (unpaired) electrons. The Kier molecular flexibility index (Phi) is 39.8. The third kappa shape index (κ3) is 32.9. The van der Waals surface area contributed by atoms with E-state index in [9.17, 15) is 3.08 Å². The molecule has 0 aliphatic rings. The van der Waals surface area contributed by atoms with Gasteiger partial charge in [-0.25, -0.2) is 0 Å². The van der Waals surface area contributed by atoms with Crippen molar-refractivity contribution in [3.05, 3.63) is 0 Å². The zero-order valence-electron chi connectivity index (χ0n) is 31.8. The molecule has 6 heteroatoms. The minimum atomic E-state index is -2.26. The van der Waals surface area contributed by atoms with Crippen LogP contribution < -0.4 is 0 Å². The average Bonchev–Trinajstić information content (AvgIpc) is 2.97. The van der Waals surface area contributed by atoms with E-state index in [0.29, 0.717) is 0 Å². The van der Waals surface area contributed by atoms with E-state index >= 15 is 0 Å². The molecule has 0 N–H and O–H groups in total. The van der Waals surface area contributed by atoms with Crippen molar-refractivity contribution < 1.29 is 4.49 Å². The standard InChI is InChI=1S/8C4H9.4CH3.2O.4Sn/c8*1-3-4-2;;;;;;;;;;/h8*1,3-4H2,2H3;4*1H3;;;;;;. The molecule has 0 aliphatic carbocycles. The van der Waals surface area contributed by atoms with Gasteiger partial charge in [-0.2, -0.15) is 0 Å². The van der Waals surface area contributed by atoms with E-state index in [2.05, 4.69) is 70.2 Å². The fourth-order valence-corrected chi connectivity index (χ4v) is 69.9. The summed E-state index contributed by atoms with van der Waals surface area (Å²) in [6.45, 7) is 18.5. The predicted octanol–water partition coefficient (Wildman–Crippen LogP) is 14.7. The van der Waals surface area contributed by atoms with Gasteiger partial charge in [0.15, 0.2) is 0 Å². The van der Waals surface area contributed by atoms with Crippen LogP contribution in [0.1, 0.15) is 158 Å². The number of unbranched alkanes of at least 4 members (excludes halogenated alkanes) is 8. The Balaban J connectivity index is -0.000000619. The monoisotopic (exact) mass is 1030 g/mol. The van der Waals surface area contributed by atoms with Crippen LogP contribution in [0.25, 0.3) is 0 Å². The van der Waals surface area contributed by atoms with E-state index in [1.54, 1.807) is 13.3 Å². The van der Waals surface area contributed by atoms with Gasteiger partial charge in [-0.15, -0.1) is 0 Å². The molecule has 0 aliphatic heterocycles. The predicted molar refractivity (Wildman–Crippen MR) is 206 cm³/mol. The molecule has 42 heavy (non-hydrogen) atoms. The van der Waals surface area contributed by atoms with Crippen molar-refractivity contribution in [2.45, 2.75) is 213 Å². The van der Waals surface area contributed by atoms with Crippen LogP contribution in [0.3, 0.4) is 0 Å². The fraction of sp³-hybridized carbons (Fsp3) is 1.00.